The predicted octanol–water partition coefficient (Wildman–Crippen LogP) is 1.27. The average Bonchev–Trinajstić information content (AvgIpc) is 2.62. The maximum atomic E-state index is 11.6. The lowest BCUT2D eigenvalue weighted by Crippen LogP contribution is -2.36. The third kappa shape index (κ3) is 4.49. The molecule has 6 nitrogen and oxygen atoms in total. The number of thiazole rings is 1. The SMILES string of the molecule is CC(C)(C)OC(=O)NC(=O)c1csc(CN)n1. The fourth-order valence-corrected chi connectivity index (χ4v) is 1.62. The quantitative estimate of drug-likeness (QED) is 0.832. The summed E-state index contributed by atoms with van der Waals surface area (Å²) in [6.07, 6.45) is -0.787. The van der Waals surface area contributed by atoms with Gasteiger partial charge in [0, 0.05) is 11.9 Å². The minimum Gasteiger partial charge on any atom is -0.444 e. The largest absolute Gasteiger partial charge is 0.444 e. The Morgan fingerprint density at radius 1 is 1.53 bits per heavy atom. The molecule has 94 valence electrons. The van der Waals surface area contributed by atoms with E-state index in [9.17, 15) is 9.59 Å². The normalized spacial score (nSPS) is 11.1. The first-order chi connectivity index (χ1) is 7.81. The van der Waals surface area contributed by atoms with Gasteiger partial charge in [0.15, 0.2) is 0 Å². The number of hydrogen-bond donors (Lipinski definition) is 2. The highest BCUT2D eigenvalue weighted by Gasteiger charge is 2.19. The first kappa shape index (κ1) is 13.6. The third-order valence-corrected chi connectivity index (χ3v) is 2.44. The molecular weight excluding hydrogens is 242 g/mol. The van der Waals surface area contributed by atoms with Crippen LogP contribution in [0.4, 0.5) is 4.79 Å². The van der Waals surface area contributed by atoms with Gasteiger partial charge in [0.25, 0.3) is 5.91 Å². The van der Waals surface area contributed by atoms with Gasteiger partial charge >= 0.3 is 6.09 Å². The second kappa shape index (κ2) is 5.24. The van der Waals surface area contributed by atoms with Gasteiger partial charge in [-0.3, -0.25) is 10.1 Å². The highest BCUT2D eigenvalue weighted by molar-refractivity contribution is 7.09. The van der Waals surface area contributed by atoms with Gasteiger partial charge in [0.05, 0.1) is 0 Å². The number of aromatic nitrogens is 1. The van der Waals surface area contributed by atoms with Gasteiger partial charge < -0.3 is 10.5 Å². The number of nitrogens with zero attached hydrogens (tertiary/aromatic N) is 1. The van der Waals surface area contributed by atoms with Crippen LogP contribution in [0.1, 0.15) is 36.3 Å². The van der Waals surface area contributed by atoms with Gasteiger partial charge in [-0.25, -0.2) is 9.78 Å². The molecule has 0 aliphatic heterocycles. The van der Waals surface area contributed by atoms with Crippen molar-refractivity contribution in [3.8, 4) is 0 Å². The summed E-state index contributed by atoms with van der Waals surface area (Å²) in [4.78, 5) is 26.8. The number of carbonyl (C=O) groups is 2. The monoisotopic (exact) mass is 257 g/mol. The molecule has 0 fully saturated rings. The first-order valence-electron chi connectivity index (χ1n) is 5.00. The van der Waals surface area contributed by atoms with Crippen molar-refractivity contribution >= 4 is 23.3 Å². The van der Waals surface area contributed by atoms with E-state index in [0.717, 1.165) is 0 Å². The summed E-state index contributed by atoms with van der Waals surface area (Å²) in [5.41, 5.74) is 4.90. The van der Waals surface area contributed by atoms with Gasteiger partial charge in [0.1, 0.15) is 16.3 Å². The number of ether oxygens (including phenoxy) is 1. The molecule has 7 heteroatoms. The maximum Gasteiger partial charge on any atom is 0.414 e. The molecule has 0 unspecified atom stereocenters. The van der Waals surface area contributed by atoms with Crippen molar-refractivity contribution in [2.24, 2.45) is 5.73 Å². The van der Waals surface area contributed by atoms with Crippen molar-refractivity contribution in [2.75, 3.05) is 0 Å². The zero-order valence-electron chi connectivity index (χ0n) is 9.94. The summed E-state index contributed by atoms with van der Waals surface area (Å²) in [6, 6.07) is 0. The van der Waals surface area contributed by atoms with Crippen LogP contribution in [0.5, 0.6) is 0 Å². The highest BCUT2D eigenvalue weighted by Crippen LogP contribution is 2.10. The summed E-state index contributed by atoms with van der Waals surface area (Å²) in [5.74, 6) is -0.588. The molecule has 0 saturated heterocycles. The number of carbonyl (C=O) groups excluding carboxylic acids is 2. The lowest BCUT2D eigenvalue weighted by atomic mass is 10.2. The van der Waals surface area contributed by atoms with Crippen LogP contribution in [0.2, 0.25) is 0 Å². The summed E-state index contributed by atoms with van der Waals surface area (Å²) in [7, 11) is 0. The molecule has 2 amide bonds. The number of alkyl carbamates (subject to hydrolysis) is 1. The molecule has 1 rings (SSSR count). The molecular formula is C10H15N3O3S. The molecule has 0 atom stereocenters. The maximum absolute atomic E-state index is 11.6. The number of nitrogens with one attached hydrogen (secondary N) is 1. The Bertz CT molecular complexity index is 423. The van der Waals surface area contributed by atoms with E-state index in [4.69, 9.17) is 10.5 Å². The van der Waals surface area contributed by atoms with Gasteiger partial charge in [-0.2, -0.15) is 0 Å². The molecule has 3 N–H and O–H groups in total. The Balaban J connectivity index is 2.57. The molecule has 0 aliphatic rings. The van der Waals surface area contributed by atoms with Crippen molar-refractivity contribution < 1.29 is 14.3 Å². The van der Waals surface area contributed by atoms with Gasteiger partial charge in [-0.1, -0.05) is 0 Å². The van der Waals surface area contributed by atoms with E-state index in [1.807, 2.05) is 0 Å². The zero-order chi connectivity index (χ0) is 13.1. The summed E-state index contributed by atoms with van der Waals surface area (Å²) >= 11 is 1.27. The second-order valence-electron chi connectivity index (χ2n) is 4.29. The zero-order valence-corrected chi connectivity index (χ0v) is 10.8. The second-order valence-corrected chi connectivity index (χ2v) is 5.23. The fraction of sp³-hybridized carbons (Fsp3) is 0.500. The third-order valence-electron chi connectivity index (χ3n) is 1.57. The van der Waals surface area contributed by atoms with Crippen molar-refractivity contribution in [2.45, 2.75) is 32.9 Å². The molecule has 1 heterocycles. The van der Waals surface area contributed by atoms with Crippen LogP contribution in [0, 0.1) is 0 Å². The predicted molar refractivity (Wildman–Crippen MR) is 63.7 cm³/mol. The standard InChI is InChI=1S/C10H15N3O3S/c1-10(2,3)16-9(15)13-8(14)6-5-17-7(4-11)12-6/h5H,4,11H2,1-3H3,(H,13,14,15). The Morgan fingerprint density at radius 2 is 2.18 bits per heavy atom. The Kier molecular flexibility index (Phi) is 4.19. The topological polar surface area (TPSA) is 94.3 Å². The van der Waals surface area contributed by atoms with E-state index in [0.29, 0.717) is 5.01 Å². The smallest absolute Gasteiger partial charge is 0.414 e. The van der Waals surface area contributed by atoms with E-state index < -0.39 is 17.6 Å². The molecule has 0 radical (unpaired) electrons. The minimum absolute atomic E-state index is 0.168. The van der Waals surface area contributed by atoms with Crippen LogP contribution in [0.25, 0.3) is 0 Å². The summed E-state index contributed by atoms with van der Waals surface area (Å²) < 4.78 is 4.94. The van der Waals surface area contributed by atoms with Gasteiger partial charge in [0.2, 0.25) is 0 Å². The fourth-order valence-electron chi connectivity index (χ4n) is 0.969. The van der Waals surface area contributed by atoms with E-state index in [1.54, 1.807) is 26.2 Å². The van der Waals surface area contributed by atoms with Crippen molar-refractivity contribution in [3.63, 3.8) is 0 Å². The summed E-state index contributed by atoms with van der Waals surface area (Å²) in [5, 5.41) is 4.28. The molecule has 0 bridgehead atoms. The number of imide groups is 1. The van der Waals surface area contributed by atoms with Crippen molar-refractivity contribution in [3.05, 3.63) is 16.1 Å². The molecule has 1 aromatic heterocycles. The molecule has 0 spiro atoms. The molecule has 0 aromatic carbocycles. The number of hydrogen-bond acceptors (Lipinski definition) is 6. The van der Waals surface area contributed by atoms with Crippen molar-refractivity contribution in [1.29, 1.82) is 0 Å². The Morgan fingerprint density at radius 3 is 2.65 bits per heavy atom. The molecule has 0 aliphatic carbocycles. The molecule has 1 aromatic rings. The lowest BCUT2D eigenvalue weighted by molar-refractivity contribution is 0.0507. The number of rotatable bonds is 2. The van der Waals surface area contributed by atoms with Crippen LogP contribution in [-0.2, 0) is 11.3 Å². The molecule has 17 heavy (non-hydrogen) atoms. The Labute approximate surface area is 103 Å². The van der Waals surface area contributed by atoms with Gasteiger partial charge in [-0.15, -0.1) is 11.3 Å². The van der Waals surface area contributed by atoms with Crippen molar-refractivity contribution in [1.82, 2.24) is 10.3 Å². The number of nitrogens with two attached hydrogens (primary N) is 1. The van der Waals surface area contributed by atoms with E-state index >= 15 is 0 Å². The van der Waals surface area contributed by atoms with Crippen LogP contribution in [0.15, 0.2) is 5.38 Å². The van der Waals surface area contributed by atoms with Crippen LogP contribution < -0.4 is 11.1 Å². The number of amides is 2. The minimum atomic E-state index is -0.787. The van der Waals surface area contributed by atoms with E-state index in [-0.39, 0.29) is 12.2 Å². The summed E-state index contributed by atoms with van der Waals surface area (Å²) in [6.45, 7) is 5.41. The molecule has 0 saturated carbocycles. The van der Waals surface area contributed by atoms with Crippen LogP contribution in [-0.4, -0.2) is 22.6 Å². The Hall–Kier alpha value is -1.47. The van der Waals surface area contributed by atoms with E-state index in [2.05, 4.69) is 10.3 Å². The highest BCUT2D eigenvalue weighted by atomic mass is 32.1. The van der Waals surface area contributed by atoms with Crippen LogP contribution in [0.3, 0.4) is 0 Å². The first-order valence-corrected chi connectivity index (χ1v) is 5.88. The van der Waals surface area contributed by atoms with E-state index in [1.165, 1.54) is 11.3 Å². The lowest BCUT2D eigenvalue weighted by Gasteiger charge is -2.18. The average molecular weight is 257 g/mol. The van der Waals surface area contributed by atoms with Crippen LogP contribution >= 0.6 is 11.3 Å². The van der Waals surface area contributed by atoms with Gasteiger partial charge in [-0.05, 0) is 20.8 Å².